The first kappa shape index (κ1) is 106. The van der Waals surface area contributed by atoms with E-state index in [-0.39, 0.29) is 99.2 Å². The van der Waals surface area contributed by atoms with E-state index in [0.717, 1.165) is 4.90 Å². The largest absolute Gasteiger partial charge is 0.508 e. The summed E-state index contributed by atoms with van der Waals surface area (Å²) in [7, 11) is 0. The van der Waals surface area contributed by atoms with Crippen molar-refractivity contribution in [3.63, 3.8) is 0 Å². The summed E-state index contributed by atoms with van der Waals surface area (Å²) in [6.07, 6.45) is -4.72. The molecule has 0 saturated carbocycles. The molecule has 1 saturated heterocycles. The lowest BCUT2D eigenvalue weighted by Gasteiger charge is -2.31. The van der Waals surface area contributed by atoms with Gasteiger partial charge in [0.15, 0.2) is 5.43 Å². The van der Waals surface area contributed by atoms with Crippen molar-refractivity contribution < 1.29 is 116 Å². The molecule has 3 aliphatic rings. The third-order valence-corrected chi connectivity index (χ3v) is 21.9. The van der Waals surface area contributed by atoms with E-state index in [9.17, 15) is 102 Å². The molecule has 44 heteroatoms. The van der Waals surface area contributed by atoms with Crippen LogP contribution in [0.15, 0.2) is 100 Å². The Hall–Kier alpha value is -14.5. The topological polar surface area (TPSA) is 715 Å². The number of nitrogens with one attached hydrogen (secondary N) is 14. The van der Waals surface area contributed by atoms with Gasteiger partial charge >= 0.3 is 11.9 Å². The van der Waals surface area contributed by atoms with Gasteiger partial charge in [-0.3, -0.25) is 95.9 Å². The number of hydrogen-bond donors (Lipinski definition) is 22. The molecular formula is C89H119N19O25. The van der Waals surface area contributed by atoms with E-state index >= 15 is 14.4 Å². The minimum absolute atomic E-state index is 0.0497. The summed E-state index contributed by atoms with van der Waals surface area (Å²) in [5.41, 5.74) is 24.0. The van der Waals surface area contributed by atoms with E-state index in [1.807, 2.05) is 0 Å². The fourth-order valence-electron chi connectivity index (χ4n) is 14.9. The van der Waals surface area contributed by atoms with Gasteiger partial charge in [-0.15, -0.1) is 0 Å². The van der Waals surface area contributed by atoms with Crippen LogP contribution in [0.3, 0.4) is 0 Å². The van der Waals surface area contributed by atoms with Crippen LogP contribution in [0.25, 0.3) is 44.3 Å². The number of rotatable bonds is 27. The van der Waals surface area contributed by atoms with Crippen LogP contribution in [-0.2, 0) is 92.7 Å². The summed E-state index contributed by atoms with van der Waals surface area (Å²) in [6, 6.07) is -1.46. The molecule has 133 heavy (non-hydrogen) atoms. The zero-order valence-electron chi connectivity index (χ0n) is 75.0. The summed E-state index contributed by atoms with van der Waals surface area (Å²) in [5.74, 6) is -26.3. The van der Waals surface area contributed by atoms with Crippen molar-refractivity contribution in [3.05, 3.63) is 112 Å². The third-order valence-electron chi connectivity index (χ3n) is 21.9. The van der Waals surface area contributed by atoms with Crippen molar-refractivity contribution in [2.24, 2.45) is 46.6 Å². The first-order valence-electron chi connectivity index (χ1n) is 43.5. The van der Waals surface area contributed by atoms with Crippen molar-refractivity contribution in [1.82, 2.24) is 79.0 Å². The molecule has 3 heterocycles. The van der Waals surface area contributed by atoms with Crippen LogP contribution in [-0.4, -0.2) is 248 Å². The van der Waals surface area contributed by atoms with Gasteiger partial charge in [-0.05, 0) is 123 Å². The van der Waals surface area contributed by atoms with E-state index in [0.29, 0.717) is 33.0 Å². The molecule has 1 aromatic heterocycles. The number of para-hydroxylation sites is 1. The maximum atomic E-state index is 15.2. The molecule has 44 nitrogen and oxygen atoms in total. The van der Waals surface area contributed by atoms with Gasteiger partial charge in [-0.1, -0.05) is 98.2 Å². The van der Waals surface area contributed by atoms with Crippen LogP contribution in [0.4, 0.5) is 0 Å². The number of carboxylic acid groups (broad SMARTS) is 2. The van der Waals surface area contributed by atoms with Crippen molar-refractivity contribution in [1.29, 1.82) is 0 Å². The van der Waals surface area contributed by atoms with Crippen LogP contribution in [0, 0.1) is 23.7 Å². The zero-order chi connectivity index (χ0) is 98.4. The number of aliphatic carboxylic acids is 2. The standard InChI is InChI=1S/C89H119N19O25/c1-9-46(8)76-88(131)104-63(38-72(116)117)85(128)102-60(35-68(91)112)83(126)99-58(31-44(4)5)81(124)103-64(39-73(118)119)86(129)106-75(45(6)7)89(132)108(41-70(93)114)29-17-16-28-94-78(121)62(98-77(120)52-20-11-10-19-51(52)74-53-25-23-48(110)33-66(53)133-67-34-49(111)24-26-54(67)74)37-71(115)96-59(32-47-40-95-55-21-13-12-18-50(47)55)82(125)101-61(36-69(92)113)84(127)105-65(42-109)87(130)100-57(30-43(2)3)80(123)97-56(79(122)107-76)22-14-15-27-90/h10-13,18-21,23-26,33-34,40,43-46,56-65,75-76,95,109-110H,9,14-17,22,27-32,35-39,41-42,90H2,1-8H3,(H2,91,112)(H2,92,113)(H2,93,114)(H,94,121)(H,96,115)(H,97,123)(H,98,120)(H,99,126)(H,100,130)(H,101,125)(H,102,128)(H,103,124)(H,104,131)(H,105,127)(H,106,129)(H,107,122)(H,116,117)(H,118,119)/t46-,56-,57-,58-,59-,60-,61-,62?,63-,64-,65-,75-,76-/m0/s1. The summed E-state index contributed by atoms with van der Waals surface area (Å²) in [5, 5.41) is 74.3. The van der Waals surface area contributed by atoms with Crippen molar-refractivity contribution >= 4 is 134 Å². The monoisotopic (exact) mass is 1850 g/mol. The molecule has 7 rings (SSSR count). The SMILES string of the molecule is CC[C@H](C)[C@@H]1NC(=O)[C@H](CCCCN)NC(=O)[C@H](CC(C)C)NC(=O)[C@H](CO)NC(=O)[C@H](CC(N)=O)NC(=O)[C@H](Cc2c[nH]c3ccccc23)NC(=O)CC(NC(=O)c2ccccc2-c2c3ccc(=O)cc-3oc3cc(O)ccc23)C(=O)NCCCCN(CC(N)=O)C(=O)[C@H](C(C)C)NC(=O)[C@H](CC(=O)O)NC(=O)[C@H](CC(C)C)NC(=O)[C@H](CC(N)=O)NC(=O)[C@H](CC(=O)O)NC1=O. The van der Waals surface area contributed by atoms with E-state index in [2.05, 4.69) is 74.1 Å². The van der Waals surface area contributed by atoms with Gasteiger partial charge in [0.2, 0.25) is 94.5 Å². The smallest absolute Gasteiger partial charge is 0.305 e. The lowest BCUT2D eigenvalue weighted by molar-refractivity contribution is -0.143. The van der Waals surface area contributed by atoms with Crippen molar-refractivity contribution in [3.8, 4) is 28.2 Å². The first-order chi connectivity index (χ1) is 62.9. The number of phenolic OH excluding ortho intramolecular Hbond substituents is 1. The Bertz CT molecular complexity index is 5300. The Balaban J connectivity index is 1.32. The maximum Gasteiger partial charge on any atom is 0.305 e. The molecule has 26 N–H and O–H groups in total. The molecule has 0 spiro atoms. The van der Waals surface area contributed by atoms with E-state index in [4.69, 9.17) is 27.4 Å². The number of aliphatic hydroxyl groups excluding tert-OH is 1. The Morgan fingerprint density at radius 1 is 0.519 bits per heavy atom. The average molecular weight is 1860 g/mol. The highest BCUT2D eigenvalue weighted by Gasteiger charge is 2.41. The minimum atomic E-state index is -2.13. The highest BCUT2D eigenvalue weighted by atomic mass is 16.4. The number of primary amides is 3. The van der Waals surface area contributed by atoms with Gasteiger partial charge in [0.05, 0.1) is 45.3 Å². The minimum Gasteiger partial charge on any atom is -0.508 e. The number of amides is 17. The number of fused-ring (bicyclic) bond motifs is 3. The van der Waals surface area contributed by atoms with Gasteiger partial charge < -0.3 is 127 Å². The number of aliphatic hydroxyl groups is 1. The first-order valence-corrected chi connectivity index (χ1v) is 43.5. The Labute approximate surface area is 763 Å². The number of carbonyl (C=O) groups excluding carboxylic acids is 17. The van der Waals surface area contributed by atoms with Gasteiger partial charge in [0.1, 0.15) is 89.6 Å². The van der Waals surface area contributed by atoms with Crippen LogP contribution in [0.1, 0.15) is 155 Å². The Kier molecular flexibility index (Phi) is 39.8. The molecule has 3 aromatic carbocycles. The number of unbranched alkanes of at least 4 members (excludes halogenated alkanes) is 1. The highest BCUT2D eigenvalue weighted by Crippen LogP contribution is 2.42. The molecule has 0 radical (unpaired) electrons. The summed E-state index contributed by atoms with van der Waals surface area (Å²) < 4.78 is 6.07. The second-order valence-corrected chi connectivity index (χ2v) is 33.9. The predicted octanol–water partition coefficient (Wildman–Crippen LogP) is -2.34. The maximum absolute atomic E-state index is 15.2. The van der Waals surface area contributed by atoms with Gasteiger partial charge in [0, 0.05) is 70.8 Å². The number of nitrogens with zero attached hydrogens (tertiary/aromatic N) is 1. The molecule has 4 aromatic rings. The summed E-state index contributed by atoms with van der Waals surface area (Å²) >= 11 is 0. The molecule has 13 atom stereocenters. The Morgan fingerprint density at radius 2 is 1.03 bits per heavy atom. The molecular weight excluding hydrogens is 1740 g/mol. The number of aromatic amines is 1. The second kappa shape index (κ2) is 50.1. The van der Waals surface area contributed by atoms with E-state index in [1.54, 1.807) is 71.0 Å². The van der Waals surface area contributed by atoms with Crippen molar-refractivity contribution in [2.75, 3.05) is 32.8 Å². The fourth-order valence-corrected chi connectivity index (χ4v) is 14.9. The number of hydrogen-bond acceptors (Lipinski definition) is 24. The number of benzene rings is 4. The number of aromatic nitrogens is 1. The van der Waals surface area contributed by atoms with E-state index < -0.39 is 266 Å². The quantitative estimate of drug-likeness (QED) is 0.0190. The molecule has 1 fully saturated rings. The normalized spacial score (nSPS) is 22.3. The third kappa shape index (κ3) is 31.4. The van der Waals surface area contributed by atoms with Crippen LogP contribution in [0.5, 0.6) is 5.75 Å². The number of nitrogens with two attached hydrogens (primary N) is 4. The Morgan fingerprint density at radius 3 is 1.59 bits per heavy atom. The van der Waals surface area contributed by atoms with E-state index in [1.165, 1.54) is 75.5 Å². The van der Waals surface area contributed by atoms with Gasteiger partial charge in [0.25, 0.3) is 5.91 Å². The predicted molar refractivity (Wildman–Crippen MR) is 479 cm³/mol. The number of aromatic hydroxyl groups is 1. The van der Waals surface area contributed by atoms with Gasteiger partial charge in [-0.25, -0.2) is 0 Å². The van der Waals surface area contributed by atoms with Crippen LogP contribution < -0.4 is 97.5 Å². The fraction of sp³-hybridized carbons (Fsp3) is 0.483. The summed E-state index contributed by atoms with van der Waals surface area (Å²) in [4.78, 5) is 286. The molecule has 720 valence electrons. The summed E-state index contributed by atoms with van der Waals surface area (Å²) in [6.45, 7) is 9.88. The molecule has 1 unspecified atom stereocenters. The number of H-pyrrole nitrogens is 1. The lowest BCUT2D eigenvalue weighted by atomic mass is 9.90. The number of carbonyl (C=O) groups is 19. The highest BCUT2D eigenvalue weighted by molar-refractivity contribution is 6.11. The molecule has 17 amide bonds. The molecule has 0 bridgehead atoms. The lowest BCUT2D eigenvalue weighted by Crippen LogP contribution is -2.62. The van der Waals surface area contributed by atoms with Crippen molar-refractivity contribution in [2.45, 2.75) is 218 Å². The zero-order valence-corrected chi connectivity index (χ0v) is 75.0. The second-order valence-electron chi connectivity index (χ2n) is 33.9. The molecule has 2 aliphatic heterocycles. The van der Waals surface area contributed by atoms with Crippen LogP contribution in [0.2, 0.25) is 0 Å². The number of carboxylic acids is 2. The number of phenols is 1. The average Bonchev–Trinajstić information content (AvgIpc) is 1.47. The molecule has 1 aliphatic carbocycles. The van der Waals surface area contributed by atoms with Gasteiger partial charge in [-0.2, -0.15) is 0 Å². The van der Waals surface area contributed by atoms with Crippen LogP contribution >= 0.6 is 0 Å².